The molecule has 15 heteroatoms. The lowest BCUT2D eigenvalue weighted by atomic mass is 9.78. The first-order valence-electron chi connectivity index (χ1n) is 29.7. The van der Waals surface area contributed by atoms with Crippen molar-refractivity contribution < 1.29 is 71.2 Å². The maximum atomic E-state index is 13.8. The highest BCUT2D eigenvalue weighted by Crippen LogP contribution is 2.35. The lowest BCUT2D eigenvalue weighted by Gasteiger charge is -2.27. The van der Waals surface area contributed by atoms with E-state index in [-0.39, 0.29) is 64.0 Å². The molecule has 4 unspecified atom stereocenters. The van der Waals surface area contributed by atoms with E-state index in [2.05, 4.69) is 40.9 Å². The third kappa shape index (κ3) is 20.5. The third-order valence-corrected chi connectivity index (χ3v) is 14.5. The average Bonchev–Trinajstić information content (AvgIpc) is 1.46. The van der Waals surface area contributed by atoms with Crippen LogP contribution in [-0.4, -0.2) is 95.4 Å². The van der Waals surface area contributed by atoms with Gasteiger partial charge in [0.05, 0.1) is 0 Å². The van der Waals surface area contributed by atoms with E-state index in [1.165, 1.54) is 0 Å². The Hall–Kier alpha value is -10.2. The molecule has 0 fully saturated rings. The molecule has 8 rings (SSSR count). The van der Waals surface area contributed by atoms with E-state index >= 15 is 0 Å². The van der Waals surface area contributed by atoms with Crippen LogP contribution in [-0.2, 0) is 39.4 Å². The van der Waals surface area contributed by atoms with Crippen LogP contribution in [0.2, 0.25) is 0 Å². The number of rotatable bonds is 34. The number of benzene rings is 8. The van der Waals surface area contributed by atoms with E-state index < -0.39 is 53.3 Å². The summed E-state index contributed by atoms with van der Waals surface area (Å²) in [7, 11) is 0. The molecule has 0 aliphatic carbocycles. The zero-order chi connectivity index (χ0) is 63.7. The summed E-state index contributed by atoms with van der Waals surface area (Å²) >= 11 is 0. The smallest absolute Gasteiger partial charge is 0.490 e. The van der Waals surface area contributed by atoms with Gasteiger partial charge in [-0.3, -0.25) is 0 Å². The normalized spacial score (nSPS) is 12.5. The number of hydrogen-bond donors (Lipinski definition) is 0. The van der Waals surface area contributed by atoms with Gasteiger partial charge in [0.25, 0.3) is 0 Å². The summed E-state index contributed by atoms with van der Waals surface area (Å²) in [4.78, 5) is 38.7. The molecular formula is C75H78O15. The van der Waals surface area contributed by atoms with Crippen LogP contribution in [0, 0.1) is 0 Å². The van der Waals surface area contributed by atoms with Crippen molar-refractivity contribution in [2.45, 2.75) is 76.8 Å². The molecule has 8 aromatic rings. The first-order valence-corrected chi connectivity index (χ1v) is 29.7. The van der Waals surface area contributed by atoms with Gasteiger partial charge in [0.2, 0.25) is 0 Å². The maximum Gasteiger partial charge on any atom is 0.509 e. The number of hydrogen-bond acceptors (Lipinski definition) is 15. The number of carbonyl (C=O) groups excluding carboxylic acids is 3. The molecule has 4 atom stereocenters. The highest BCUT2D eigenvalue weighted by Gasteiger charge is 2.28. The molecule has 8 aromatic carbocycles. The fourth-order valence-electron chi connectivity index (χ4n) is 9.05. The van der Waals surface area contributed by atoms with Gasteiger partial charge in [0, 0.05) is 22.0 Å². The first kappa shape index (κ1) is 65.8. The van der Waals surface area contributed by atoms with Crippen molar-refractivity contribution in [2.24, 2.45) is 0 Å². The minimum Gasteiger partial charge on any atom is -0.490 e. The van der Waals surface area contributed by atoms with Crippen molar-refractivity contribution in [3.63, 3.8) is 0 Å². The predicted molar refractivity (Wildman–Crippen MR) is 344 cm³/mol. The lowest BCUT2D eigenvalue weighted by Crippen LogP contribution is -2.36. The molecule has 0 amide bonds. The van der Waals surface area contributed by atoms with Crippen LogP contribution in [0.15, 0.2) is 243 Å². The SMILES string of the molecule is C=C(C)C(=O)OC(COc1ccccc1)COc1ccc(C(C)(C)c2ccc(OCC(COc3ccccc3)OC(=O)OC(COc3ccccc3)COc3ccc(C(C)(C)c4ccc(OCC(COc5ccccc5)OC(=O)C(=C)C)cc4)cc3)cc2)cc1. The van der Waals surface area contributed by atoms with Gasteiger partial charge >= 0.3 is 18.1 Å². The molecule has 0 aliphatic rings. The van der Waals surface area contributed by atoms with Gasteiger partial charge in [-0.15, -0.1) is 0 Å². The van der Waals surface area contributed by atoms with Gasteiger partial charge in [0.15, 0.2) is 24.4 Å². The number of para-hydroxylation sites is 4. The van der Waals surface area contributed by atoms with Gasteiger partial charge in [-0.05, 0) is 133 Å². The summed E-state index contributed by atoms with van der Waals surface area (Å²) in [6, 6.07) is 68.0. The summed E-state index contributed by atoms with van der Waals surface area (Å²) in [5.74, 6) is 3.75. The molecule has 0 bridgehead atoms. The lowest BCUT2D eigenvalue weighted by molar-refractivity contribution is -0.148. The van der Waals surface area contributed by atoms with Crippen molar-refractivity contribution >= 4 is 18.1 Å². The summed E-state index contributed by atoms with van der Waals surface area (Å²) in [5, 5.41) is 0. The monoisotopic (exact) mass is 1220 g/mol. The summed E-state index contributed by atoms with van der Waals surface area (Å²) < 4.78 is 71.7. The van der Waals surface area contributed by atoms with Gasteiger partial charge in [-0.1, -0.05) is 162 Å². The van der Waals surface area contributed by atoms with Crippen LogP contribution in [0.1, 0.15) is 63.8 Å². The Kier molecular flexibility index (Phi) is 23.9. The average molecular weight is 1220 g/mol. The van der Waals surface area contributed by atoms with Crippen molar-refractivity contribution in [3.8, 4) is 46.0 Å². The van der Waals surface area contributed by atoms with Crippen molar-refractivity contribution in [1.29, 1.82) is 0 Å². The van der Waals surface area contributed by atoms with Crippen LogP contribution >= 0.6 is 0 Å². The summed E-state index contributed by atoms with van der Waals surface area (Å²) in [6.45, 7) is 19.3. The fourth-order valence-corrected chi connectivity index (χ4v) is 9.05. The second-order valence-electron chi connectivity index (χ2n) is 22.4. The molecule has 468 valence electrons. The Morgan fingerprint density at radius 3 is 0.656 bits per heavy atom. The van der Waals surface area contributed by atoms with E-state index in [4.69, 9.17) is 56.8 Å². The third-order valence-electron chi connectivity index (χ3n) is 14.5. The Bertz CT molecular complexity index is 3270. The number of ether oxygens (including phenoxy) is 12. The zero-order valence-corrected chi connectivity index (χ0v) is 51.8. The molecule has 0 radical (unpaired) electrons. The van der Waals surface area contributed by atoms with Crippen LogP contribution < -0.4 is 37.9 Å². The largest absolute Gasteiger partial charge is 0.509 e. The minimum atomic E-state index is -0.959. The van der Waals surface area contributed by atoms with Crippen LogP contribution in [0.3, 0.4) is 0 Å². The second kappa shape index (κ2) is 32.7. The molecule has 0 saturated carbocycles. The highest BCUT2D eigenvalue weighted by atomic mass is 16.7. The van der Waals surface area contributed by atoms with Gasteiger partial charge < -0.3 is 56.8 Å². The minimum absolute atomic E-state index is 0.0331. The molecule has 0 heterocycles. The molecule has 0 aromatic heterocycles. The molecule has 0 aliphatic heterocycles. The number of carbonyl (C=O) groups is 3. The topological polar surface area (TPSA) is 162 Å². The fraction of sp³-hybridized carbons (Fsp3) is 0.267. The standard InChI is InChI=1S/C75H78O15/c1-53(2)71(76)87-67(45-79-59-21-13-9-14-22-59)47-83-63-37-29-55(30-38-63)74(5,6)57-33-41-65(42-34-57)85-51-69(49-81-61-25-17-11-18-26-61)89-73(78)90-70(50-82-62-27-19-12-20-28-62)52-86-66-43-35-58(36-44-66)75(7,8)56-31-39-64(40-32-56)84-48-68(88-72(77)54(3)4)46-80-60-23-15-10-16-24-60/h9-44,67-70H,1,3,45-52H2,2,4-8H3. The molecule has 90 heavy (non-hydrogen) atoms. The van der Waals surface area contributed by atoms with Crippen molar-refractivity contribution in [2.75, 3.05) is 52.9 Å². The molecule has 0 spiro atoms. The van der Waals surface area contributed by atoms with E-state index in [1.54, 1.807) is 13.8 Å². The molecule has 0 N–H and O–H groups in total. The summed E-state index contributed by atoms with van der Waals surface area (Å²) in [5.41, 5.74) is 3.84. The molecule has 0 saturated heterocycles. The van der Waals surface area contributed by atoms with Gasteiger partial charge in [0.1, 0.15) is 98.9 Å². The van der Waals surface area contributed by atoms with Crippen LogP contribution in [0.4, 0.5) is 4.79 Å². The molecule has 15 nitrogen and oxygen atoms in total. The summed E-state index contributed by atoms with van der Waals surface area (Å²) in [6.07, 6.45) is -4.11. The molecular weight excluding hydrogens is 1140 g/mol. The Morgan fingerprint density at radius 2 is 0.467 bits per heavy atom. The first-order chi connectivity index (χ1) is 43.5. The Labute approximate surface area is 527 Å². The van der Waals surface area contributed by atoms with E-state index in [1.807, 2.05) is 218 Å². The van der Waals surface area contributed by atoms with Crippen molar-refractivity contribution in [1.82, 2.24) is 0 Å². The van der Waals surface area contributed by atoms with E-state index in [0.717, 1.165) is 22.3 Å². The number of esters is 2. The maximum absolute atomic E-state index is 13.8. The van der Waals surface area contributed by atoms with Crippen molar-refractivity contribution in [3.05, 3.63) is 265 Å². The zero-order valence-electron chi connectivity index (χ0n) is 51.8. The highest BCUT2D eigenvalue weighted by molar-refractivity contribution is 5.87. The second-order valence-corrected chi connectivity index (χ2v) is 22.4. The Morgan fingerprint density at radius 1 is 0.289 bits per heavy atom. The van der Waals surface area contributed by atoms with Gasteiger partial charge in [-0.2, -0.15) is 0 Å². The van der Waals surface area contributed by atoms with Gasteiger partial charge in [-0.25, -0.2) is 14.4 Å². The van der Waals surface area contributed by atoms with Crippen LogP contribution in [0.25, 0.3) is 0 Å². The van der Waals surface area contributed by atoms with E-state index in [9.17, 15) is 14.4 Å². The quantitative estimate of drug-likeness (QED) is 0.0213. The Balaban J connectivity index is 0.860. The van der Waals surface area contributed by atoms with Crippen LogP contribution in [0.5, 0.6) is 46.0 Å². The predicted octanol–water partition coefficient (Wildman–Crippen LogP) is 14.7. The van der Waals surface area contributed by atoms with E-state index in [0.29, 0.717) is 46.0 Å².